The van der Waals surface area contributed by atoms with Crippen LogP contribution >= 0.6 is 0 Å². The number of nitrogens with zero attached hydrogens (tertiary/aromatic N) is 1. The molecule has 0 aliphatic carbocycles. The first-order valence-electron chi connectivity index (χ1n) is 6.77. The lowest BCUT2D eigenvalue weighted by atomic mass is 10.1. The summed E-state index contributed by atoms with van der Waals surface area (Å²) in [5.41, 5.74) is 7.63. The van der Waals surface area contributed by atoms with Crippen molar-refractivity contribution < 1.29 is 8.42 Å². The molecule has 2 aromatic rings. The Kier molecular flexibility index (Phi) is 5.06. The van der Waals surface area contributed by atoms with Crippen molar-refractivity contribution >= 4 is 10.0 Å². The summed E-state index contributed by atoms with van der Waals surface area (Å²) in [6, 6.07) is 10.1. The number of sulfonamides is 1. The maximum absolute atomic E-state index is 12.3. The van der Waals surface area contributed by atoms with Gasteiger partial charge in [-0.15, -0.1) is 0 Å². The highest BCUT2D eigenvalue weighted by atomic mass is 32.2. The number of benzene rings is 1. The summed E-state index contributed by atoms with van der Waals surface area (Å²) < 4.78 is 27.2. The molecule has 0 fully saturated rings. The molecule has 1 atom stereocenters. The number of nitrogens with two attached hydrogens (primary N) is 1. The van der Waals surface area contributed by atoms with Crippen LogP contribution in [0.4, 0.5) is 0 Å². The maximum atomic E-state index is 12.3. The smallest absolute Gasteiger partial charge is 0.240 e. The van der Waals surface area contributed by atoms with Gasteiger partial charge in [-0.2, -0.15) is 0 Å². The summed E-state index contributed by atoms with van der Waals surface area (Å²) in [5.74, 6) is 0. The Morgan fingerprint density at radius 3 is 2.62 bits per heavy atom. The van der Waals surface area contributed by atoms with Crippen LogP contribution in [-0.2, 0) is 16.6 Å². The van der Waals surface area contributed by atoms with Gasteiger partial charge in [0.25, 0.3) is 0 Å². The zero-order valence-corrected chi connectivity index (χ0v) is 12.7. The van der Waals surface area contributed by atoms with Gasteiger partial charge in [0.15, 0.2) is 0 Å². The highest BCUT2D eigenvalue weighted by Crippen LogP contribution is 2.18. The van der Waals surface area contributed by atoms with Crippen molar-refractivity contribution in [3.05, 3.63) is 59.9 Å². The van der Waals surface area contributed by atoms with E-state index >= 15 is 0 Å². The lowest BCUT2D eigenvalue weighted by Gasteiger charge is -2.12. The second kappa shape index (κ2) is 6.80. The van der Waals surface area contributed by atoms with E-state index in [1.807, 2.05) is 13.0 Å². The lowest BCUT2D eigenvalue weighted by Crippen LogP contribution is -2.23. The molecule has 112 valence electrons. The minimum Gasteiger partial charge on any atom is -0.324 e. The SMILES string of the molecule is CCC(N)c1cccc(S(=O)(=O)NCc2ccncc2)c1. The highest BCUT2D eigenvalue weighted by Gasteiger charge is 2.15. The number of pyridine rings is 1. The van der Waals surface area contributed by atoms with Gasteiger partial charge in [-0.1, -0.05) is 19.1 Å². The maximum Gasteiger partial charge on any atom is 0.240 e. The van der Waals surface area contributed by atoms with Crippen LogP contribution in [0, 0.1) is 0 Å². The normalized spacial score (nSPS) is 13.0. The minimum absolute atomic E-state index is 0.152. The number of rotatable bonds is 6. The van der Waals surface area contributed by atoms with Crippen molar-refractivity contribution in [3.8, 4) is 0 Å². The molecular formula is C15H19N3O2S. The molecule has 5 nitrogen and oxygen atoms in total. The van der Waals surface area contributed by atoms with Crippen molar-refractivity contribution in [2.24, 2.45) is 5.73 Å². The van der Waals surface area contributed by atoms with Crippen LogP contribution in [0.3, 0.4) is 0 Å². The van der Waals surface area contributed by atoms with Gasteiger partial charge in [0, 0.05) is 25.0 Å². The predicted molar refractivity (Wildman–Crippen MR) is 81.9 cm³/mol. The van der Waals surface area contributed by atoms with E-state index in [-0.39, 0.29) is 17.5 Å². The molecule has 0 amide bonds. The van der Waals surface area contributed by atoms with Crippen molar-refractivity contribution in [2.45, 2.75) is 30.8 Å². The van der Waals surface area contributed by atoms with Crippen molar-refractivity contribution in [3.63, 3.8) is 0 Å². The monoisotopic (exact) mass is 305 g/mol. The fourth-order valence-corrected chi connectivity index (χ4v) is 2.98. The molecule has 1 aromatic carbocycles. The Labute approximate surface area is 125 Å². The molecule has 0 aliphatic heterocycles. The Morgan fingerprint density at radius 2 is 1.95 bits per heavy atom. The van der Waals surface area contributed by atoms with Gasteiger partial charge in [0.05, 0.1) is 4.90 Å². The van der Waals surface area contributed by atoms with E-state index in [0.717, 1.165) is 17.5 Å². The van der Waals surface area contributed by atoms with Gasteiger partial charge in [-0.05, 0) is 41.8 Å². The number of hydrogen-bond donors (Lipinski definition) is 2. The largest absolute Gasteiger partial charge is 0.324 e. The van der Waals surface area contributed by atoms with Gasteiger partial charge in [-0.25, -0.2) is 13.1 Å². The molecule has 6 heteroatoms. The molecule has 1 heterocycles. The van der Waals surface area contributed by atoms with Crippen LogP contribution < -0.4 is 10.5 Å². The fourth-order valence-electron chi connectivity index (χ4n) is 1.91. The second-order valence-corrected chi connectivity index (χ2v) is 6.53. The predicted octanol–water partition coefficient (Wildman–Crippen LogP) is 1.97. The quantitative estimate of drug-likeness (QED) is 0.854. The summed E-state index contributed by atoms with van der Waals surface area (Å²) in [6.45, 7) is 2.20. The molecule has 3 N–H and O–H groups in total. The first-order chi connectivity index (χ1) is 10.0. The molecule has 0 saturated carbocycles. The van der Waals surface area contributed by atoms with Crippen LogP contribution in [-0.4, -0.2) is 13.4 Å². The van der Waals surface area contributed by atoms with E-state index in [1.54, 1.807) is 42.7 Å². The second-order valence-electron chi connectivity index (χ2n) is 4.77. The van der Waals surface area contributed by atoms with Crippen LogP contribution in [0.15, 0.2) is 53.7 Å². The standard InChI is InChI=1S/C15H19N3O2S/c1-2-15(16)13-4-3-5-14(10-13)21(19,20)18-11-12-6-8-17-9-7-12/h3-10,15,18H,2,11,16H2,1H3. The average Bonchev–Trinajstić information content (AvgIpc) is 2.53. The van der Waals surface area contributed by atoms with Gasteiger partial charge >= 0.3 is 0 Å². The molecule has 1 unspecified atom stereocenters. The van der Waals surface area contributed by atoms with E-state index in [4.69, 9.17) is 5.73 Å². The van der Waals surface area contributed by atoms with Crippen LogP contribution in [0.2, 0.25) is 0 Å². The van der Waals surface area contributed by atoms with E-state index in [0.29, 0.717) is 0 Å². The summed E-state index contributed by atoms with van der Waals surface area (Å²) in [5, 5.41) is 0. The first-order valence-corrected chi connectivity index (χ1v) is 8.25. The molecular weight excluding hydrogens is 286 g/mol. The summed E-state index contributed by atoms with van der Waals surface area (Å²) in [4.78, 5) is 4.13. The Balaban J connectivity index is 2.16. The first kappa shape index (κ1) is 15.6. The number of aromatic nitrogens is 1. The molecule has 2 rings (SSSR count). The van der Waals surface area contributed by atoms with E-state index in [9.17, 15) is 8.42 Å². The number of nitrogens with one attached hydrogen (secondary N) is 1. The van der Waals surface area contributed by atoms with Gasteiger partial charge in [0.1, 0.15) is 0 Å². The third-order valence-corrected chi connectivity index (χ3v) is 4.65. The molecule has 0 radical (unpaired) electrons. The summed E-state index contributed by atoms with van der Waals surface area (Å²) >= 11 is 0. The Hall–Kier alpha value is -1.76. The molecule has 0 spiro atoms. The summed E-state index contributed by atoms with van der Waals surface area (Å²) in [6.07, 6.45) is 4.02. The molecule has 21 heavy (non-hydrogen) atoms. The van der Waals surface area contributed by atoms with Gasteiger partial charge < -0.3 is 5.73 Å². The van der Waals surface area contributed by atoms with Gasteiger partial charge in [0.2, 0.25) is 10.0 Å². The van der Waals surface area contributed by atoms with E-state index < -0.39 is 10.0 Å². The average molecular weight is 305 g/mol. The van der Waals surface area contributed by atoms with Crippen LogP contribution in [0.5, 0.6) is 0 Å². The van der Waals surface area contributed by atoms with E-state index in [1.165, 1.54) is 0 Å². The fraction of sp³-hybridized carbons (Fsp3) is 0.267. The van der Waals surface area contributed by atoms with Gasteiger partial charge in [-0.3, -0.25) is 4.98 Å². The zero-order valence-electron chi connectivity index (χ0n) is 11.9. The topological polar surface area (TPSA) is 85.1 Å². The third-order valence-electron chi connectivity index (χ3n) is 3.25. The zero-order chi connectivity index (χ0) is 15.3. The number of hydrogen-bond acceptors (Lipinski definition) is 4. The molecule has 0 bridgehead atoms. The Morgan fingerprint density at radius 1 is 1.24 bits per heavy atom. The van der Waals surface area contributed by atoms with Crippen LogP contribution in [0.25, 0.3) is 0 Å². The van der Waals surface area contributed by atoms with Crippen LogP contribution in [0.1, 0.15) is 30.5 Å². The van der Waals surface area contributed by atoms with Crippen molar-refractivity contribution in [1.29, 1.82) is 0 Å². The van der Waals surface area contributed by atoms with E-state index in [2.05, 4.69) is 9.71 Å². The highest BCUT2D eigenvalue weighted by molar-refractivity contribution is 7.89. The van der Waals surface area contributed by atoms with Crippen molar-refractivity contribution in [2.75, 3.05) is 0 Å². The Bertz CT molecular complexity index is 687. The minimum atomic E-state index is -3.55. The third kappa shape index (κ3) is 4.10. The summed E-state index contributed by atoms with van der Waals surface area (Å²) in [7, 11) is -3.55. The molecule has 0 aliphatic rings. The van der Waals surface area contributed by atoms with Crippen molar-refractivity contribution in [1.82, 2.24) is 9.71 Å². The molecule has 0 saturated heterocycles. The molecule has 1 aromatic heterocycles. The lowest BCUT2D eigenvalue weighted by molar-refractivity contribution is 0.580.